The van der Waals surface area contributed by atoms with Crippen LogP contribution in [-0.4, -0.2) is 17.7 Å². The summed E-state index contributed by atoms with van der Waals surface area (Å²) in [5.41, 5.74) is 2.13. The molecule has 80 valence electrons. The first kappa shape index (κ1) is 10.0. The molecule has 1 aromatic rings. The summed E-state index contributed by atoms with van der Waals surface area (Å²) in [4.78, 5) is 11.0. The van der Waals surface area contributed by atoms with E-state index < -0.39 is 11.9 Å². The predicted molar refractivity (Wildman–Crippen MR) is 56.2 cm³/mol. The van der Waals surface area contributed by atoms with Crippen LogP contribution in [0.15, 0.2) is 18.2 Å². The summed E-state index contributed by atoms with van der Waals surface area (Å²) in [6, 6.07) is 5.91. The third-order valence-electron chi connectivity index (χ3n) is 3.00. The summed E-state index contributed by atoms with van der Waals surface area (Å²) in [5, 5.41) is 9.01. The van der Waals surface area contributed by atoms with Crippen LogP contribution in [0.3, 0.4) is 0 Å². The minimum absolute atomic E-state index is 0.0202. The first-order chi connectivity index (χ1) is 7.09. The average Bonchev–Trinajstić information content (AvgIpc) is 2.17. The molecule has 0 bridgehead atoms. The van der Waals surface area contributed by atoms with Gasteiger partial charge in [-0.2, -0.15) is 0 Å². The van der Waals surface area contributed by atoms with Gasteiger partial charge in [-0.1, -0.05) is 19.1 Å². The number of aliphatic carboxylic acids is 1. The van der Waals surface area contributed by atoms with E-state index in [1.54, 1.807) is 0 Å². The number of aryl methyl sites for hydroxylation is 1. The van der Waals surface area contributed by atoms with Gasteiger partial charge in [0.05, 0.1) is 5.92 Å². The lowest BCUT2D eigenvalue weighted by molar-refractivity contribution is -0.144. The van der Waals surface area contributed by atoms with Crippen molar-refractivity contribution in [3.8, 4) is 5.75 Å². The smallest absolute Gasteiger partial charge is 0.310 e. The Morgan fingerprint density at radius 3 is 2.93 bits per heavy atom. The Hall–Kier alpha value is -1.51. The molecule has 1 N–H and O–H groups in total. The van der Waals surface area contributed by atoms with Gasteiger partial charge >= 0.3 is 5.97 Å². The molecule has 0 fully saturated rings. The quantitative estimate of drug-likeness (QED) is 0.766. The van der Waals surface area contributed by atoms with E-state index in [9.17, 15) is 4.79 Å². The third-order valence-corrected chi connectivity index (χ3v) is 3.00. The topological polar surface area (TPSA) is 46.5 Å². The molecular weight excluding hydrogens is 192 g/mol. The van der Waals surface area contributed by atoms with Crippen LogP contribution in [0, 0.1) is 12.8 Å². The van der Waals surface area contributed by atoms with Crippen LogP contribution in [0.2, 0.25) is 0 Å². The summed E-state index contributed by atoms with van der Waals surface area (Å²) >= 11 is 0. The second-order valence-corrected chi connectivity index (χ2v) is 4.09. The fourth-order valence-electron chi connectivity index (χ4n) is 1.97. The molecule has 1 aromatic carbocycles. The second kappa shape index (κ2) is 3.57. The van der Waals surface area contributed by atoms with Crippen molar-refractivity contribution in [1.82, 2.24) is 0 Å². The van der Waals surface area contributed by atoms with Crippen molar-refractivity contribution in [2.45, 2.75) is 19.8 Å². The number of carbonyl (C=O) groups is 1. The lowest BCUT2D eigenvalue weighted by Crippen LogP contribution is -2.30. The molecule has 2 atom stereocenters. The molecule has 0 radical (unpaired) electrons. The Balaban J connectivity index is 2.38. The Morgan fingerprint density at radius 1 is 1.53 bits per heavy atom. The highest BCUT2D eigenvalue weighted by Crippen LogP contribution is 2.37. The zero-order chi connectivity index (χ0) is 11.0. The van der Waals surface area contributed by atoms with Crippen molar-refractivity contribution in [3.05, 3.63) is 29.3 Å². The van der Waals surface area contributed by atoms with Crippen molar-refractivity contribution >= 4 is 5.97 Å². The van der Waals surface area contributed by atoms with Gasteiger partial charge in [0, 0.05) is 5.92 Å². The molecule has 1 aliphatic rings. The van der Waals surface area contributed by atoms with Crippen molar-refractivity contribution in [2.75, 3.05) is 6.61 Å². The van der Waals surface area contributed by atoms with E-state index in [1.807, 2.05) is 32.0 Å². The molecule has 0 amide bonds. The van der Waals surface area contributed by atoms with Gasteiger partial charge in [-0.05, 0) is 24.1 Å². The summed E-state index contributed by atoms with van der Waals surface area (Å²) in [5.74, 6) is -0.360. The molecule has 1 aliphatic heterocycles. The average molecular weight is 206 g/mol. The molecule has 0 saturated heterocycles. The molecule has 2 rings (SSSR count). The lowest BCUT2D eigenvalue weighted by atomic mass is 9.85. The number of fused-ring (bicyclic) bond motifs is 1. The molecule has 3 nitrogen and oxygen atoms in total. The van der Waals surface area contributed by atoms with Gasteiger partial charge in [0.15, 0.2) is 0 Å². The number of hydrogen-bond acceptors (Lipinski definition) is 2. The summed E-state index contributed by atoms with van der Waals surface area (Å²) < 4.78 is 5.47. The monoisotopic (exact) mass is 206 g/mol. The van der Waals surface area contributed by atoms with Crippen molar-refractivity contribution in [1.29, 1.82) is 0 Å². The fraction of sp³-hybridized carbons (Fsp3) is 0.417. The van der Waals surface area contributed by atoms with E-state index in [0.717, 1.165) is 16.9 Å². The van der Waals surface area contributed by atoms with Gasteiger partial charge in [-0.3, -0.25) is 4.79 Å². The third kappa shape index (κ3) is 1.69. The molecule has 0 saturated carbocycles. The van der Waals surface area contributed by atoms with Gasteiger partial charge in [0.25, 0.3) is 0 Å². The van der Waals surface area contributed by atoms with Gasteiger partial charge in [-0.15, -0.1) is 0 Å². The number of carboxylic acid groups (broad SMARTS) is 1. The highest BCUT2D eigenvalue weighted by atomic mass is 16.5. The predicted octanol–water partition coefficient (Wildman–Crippen LogP) is 2.19. The van der Waals surface area contributed by atoms with E-state index in [1.165, 1.54) is 0 Å². The first-order valence-electron chi connectivity index (χ1n) is 5.05. The number of carboxylic acids is 1. The van der Waals surface area contributed by atoms with Crippen molar-refractivity contribution in [3.63, 3.8) is 0 Å². The molecule has 0 aliphatic carbocycles. The first-order valence-corrected chi connectivity index (χ1v) is 5.05. The Bertz CT molecular complexity index is 398. The Labute approximate surface area is 88.7 Å². The van der Waals surface area contributed by atoms with Crippen LogP contribution in [-0.2, 0) is 4.79 Å². The standard InChI is InChI=1S/C12H14O3/c1-7-3-4-9-8(2)10(12(13)14)6-15-11(9)5-7/h3-5,8,10H,6H2,1-2H3,(H,13,14). The van der Waals surface area contributed by atoms with Crippen molar-refractivity contribution in [2.24, 2.45) is 5.92 Å². The summed E-state index contributed by atoms with van der Waals surface area (Å²) in [7, 11) is 0. The normalized spacial score (nSPS) is 24.1. The highest BCUT2D eigenvalue weighted by Gasteiger charge is 2.32. The highest BCUT2D eigenvalue weighted by molar-refractivity contribution is 5.72. The van der Waals surface area contributed by atoms with Crippen LogP contribution < -0.4 is 4.74 Å². The van der Waals surface area contributed by atoms with Crippen LogP contribution in [0.5, 0.6) is 5.75 Å². The van der Waals surface area contributed by atoms with E-state index in [2.05, 4.69) is 0 Å². The van der Waals surface area contributed by atoms with Crippen LogP contribution in [0.1, 0.15) is 24.0 Å². The van der Waals surface area contributed by atoms with Crippen LogP contribution >= 0.6 is 0 Å². The molecule has 2 unspecified atom stereocenters. The zero-order valence-electron chi connectivity index (χ0n) is 8.86. The van der Waals surface area contributed by atoms with Gasteiger partial charge in [-0.25, -0.2) is 0 Å². The molecule has 1 heterocycles. The number of rotatable bonds is 1. The molecule has 0 aromatic heterocycles. The fourth-order valence-corrected chi connectivity index (χ4v) is 1.97. The molecule has 15 heavy (non-hydrogen) atoms. The number of ether oxygens (including phenoxy) is 1. The van der Waals surface area contributed by atoms with E-state index in [0.29, 0.717) is 0 Å². The van der Waals surface area contributed by atoms with Gasteiger partial charge in [0.1, 0.15) is 12.4 Å². The lowest BCUT2D eigenvalue weighted by Gasteiger charge is -2.28. The minimum atomic E-state index is -0.784. The maximum Gasteiger partial charge on any atom is 0.310 e. The minimum Gasteiger partial charge on any atom is -0.492 e. The zero-order valence-corrected chi connectivity index (χ0v) is 8.86. The van der Waals surface area contributed by atoms with E-state index in [-0.39, 0.29) is 12.5 Å². The maximum atomic E-state index is 11.0. The number of benzene rings is 1. The summed E-state index contributed by atoms with van der Waals surface area (Å²) in [6.45, 7) is 4.21. The van der Waals surface area contributed by atoms with E-state index >= 15 is 0 Å². The second-order valence-electron chi connectivity index (χ2n) is 4.09. The summed E-state index contributed by atoms with van der Waals surface area (Å²) in [6.07, 6.45) is 0. The van der Waals surface area contributed by atoms with Crippen LogP contribution in [0.4, 0.5) is 0 Å². The molecular formula is C12H14O3. The number of hydrogen-bond donors (Lipinski definition) is 1. The largest absolute Gasteiger partial charge is 0.492 e. The van der Waals surface area contributed by atoms with E-state index in [4.69, 9.17) is 9.84 Å². The van der Waals surface area contributed by atoms with Gasteiger partial charge < -0.3 is 9.84 Å². The Morgan fingerprint density at radius 2 is 2.27 bits per heavy atom. The molecule has 3 heteroatoms. The SMILES string of the molecule is Cc1ccc2c(c1)OCC(C(=O)O)C2C. The molecule has 0 spiro atoms. The van der Waals surface area contributed by atoms with Crippen LogP contribution in [0.25, 0.3) is 0 Å². The maximum absolute atomic E-state index is 11.0. The van der Waals surface area contributed by atoms with Crippen molar-refractivity contribution < 1.29 is 14.6 Å². The van der Waals surface area contributed by atoms with Gasteiger partial charge in [0.2, 0.25) is 0 Å². The Kier molecular flexibility index (Phi) is 2.39.